The lowest BCUT2D eigenvalue weighted by molar-refractivity contribution is -0.384. The van der Waals surface area contributed by atoms with E-state index in [1.807, 2.05) is 19.1 Å². The summed E-state index contributed by atoms with van der Waals surface area (Å²) in [6.07, 6.45) is 0. The first kappa shape index (κ1) is 16.4. The van der Waals surface area contributed by atoms with Gasteiger partial charge in [0.15, 0.2) is 0 Å². The van der Waals surface area contributed by atoms with E-state index in [1.165, 1.54) is 22.8 Å². The van der Waals surface area contributed by atoms with Gasteiger partial charge < -0.3 is 5.32 Å². The second kappa shape index (κ2) is 6.60. The molecular formula is C17H16N4O4. The molecule has 0 saturated carbocycles. The molecule has 128 valence electrons. The van der Waals surface area contributed by atoms with Crippen molar-refractivity contribution in [2.24, 2.45) is 0 Å². The molecule has 1 N–H and O–H groups in total. The van der Waals surface area contributed by atoms with E-state index in [0.29, 0.717) is 17.7 Å². The van der Waals surface area contributed by atoms with Crippen LogP contribution in [-0.2, 0) is 17.9 Å². The summed E-state index contributed by atoms with van der Waals surface area (Å²) in [6.45, 7) is 2.19. The van der Waals surface area contributed by atoms with Crippen LogP contribution in [-0.4, -0.2) is 20.0 Å². The number of aryl methyl sites for hydroxylation is 1. The van der Waals surface area contributed by atoms with Gasteiger partial charge in [-0.25, -0.2) is 4.79 Å². The average Bonchev–Trinajstić information content (AvgIpc) is 2.86. The van der Waals surface area contributed by atoms with Crippen LogP contribution in [0.1, 0.15) is 6.92 Å². The van der Waals surface area contributed by atoms with Gasteiger partial charge in [-0.2, -0.15) is 0 Å². The molecule has 1 amide bonds. The summed E-state index contributed by atoms with van der Waals surface area (Å²) in [5, 5.41) is 13.4. The zero-order valence-electron chi connectivity index (χ0n) is 13.5. The van der Waals surface area contributed by atoms with Crippen molar-refractivity contribution < 1.29 is 9.72 Å². The molecule has 0 aliphatic carbocycles. The molecule has 25 heavy (non-hydrogen) atoms. The molecule has 0 spiro atoms. The molecule has 0 fully saturated rings. The number of nitrogens with zero attached hydrogens (tertiary/aromatic N) is 3. The Hall–Kier alpha value is -3.42. The van der Waals surface area contributed by atoms with Gasteiger partial charge in [-0.1, -0.05) is 18.2 Å². The van der Waals surface area contributed by atoms with E-state index in [2.05, 4.69) is 5.32 Å². The summed E-state index contributed by atoms with van der Waals surface area (Å²) in [5.41, 5.74) is 1.36. The highest BCUT2D eigenvalue weighted by Crippen LogP contribution is 2.17. The number of hydrogen-bond donors (Lipinski definition) is 1. The first-order valence-electron chi connectivity index (χ1n) is 7.73. The zero-order chi connectivity index (χ0) is 18.0. The lowest BCUT2D eigenvalue weighted by atomic mass is 10.3. The number of nitro groups is 1. The molecular weight excluding hydrogens is 324 g/mol. The molecule has 2 aromatic carbocycles. The van der Waals surface area contributed by atoms with Crippen molar-refractivity contribution in [1.29, 1.82) is 0 Å². The van der Waals surface area contributed by atoms with Crippen molar-refractivity contribution in [2.75, 3.05) is 5.32 Å². The first-order chi connectivity index (χ1) is 12.0. The molecule has 3 aromatic rings. The van der Waals surface area contributed by atoms with Gasteiger partial charge in [0, 0.05) is 24.4 Å². The number of nitro benzene ring substituents is 1. The van der Waals surface area contributed by atoms with Crippen LogP contribution in [0.3, 0.4) is 0 Å². The first-order valence-corrected chi connectivity index (χ1v) is 7.73. The molecule has 8 nitrogen and oxygen atoms in total. The summed E-state index contributed by atoms with van der Waals surface area (Å²) in [5.74, 6) is -0.429. The van der Waals surface area contributed by atoms with Gasteiger partial charge in [-0.05, 0) is 25.1 Å². The van der Waals surface area contributed by atoms with Gasteiger partial charge >= 0.3 is 5.69 Å². The average molecular weight is 340 g/mol. The predicted octanol–water partition coefficient (Wildman–Crippen LogP) is 2.37. The van der Waals surface area contributed by atoms with E-state index in [-0.39, 0.29) is 17.9 Å². The number of amides is 1. The number of carbonyl (C=O) groups is 1. The van der Waals surface area contributed by atoms with E-state index in [9.17, 15) is 19.7 Å². The fraction of sp³-hybridized carbons (Fsp3) is 0.176. The molecule has 0 unspecified atom stereocenters. The molecule has 0 bridgehead atoms. The molecule has 8 heteroatoms. The fourth-order valence-corrected chi connectivity index (χ4v) is 2.77. The van der Waals surface area contributed by atoms with E-state index in [1.54, 1.807) is 22.8 Å². The summed E-state index contributed by atoms with van der Waals surface area (Å²) in [6, 6.07) is 12.9. The van der Waals surface area contributed by atoms with Crippen LogP contribution in [0.2, 0.25) is 0 Å². The summed E-state index contributed by atoms with van der Waals surface area (Å²) in [4.78, 5) is 35.1. The highest BCUT2D eigenvalue weighted by Gasteiger charge is 2.15. The maximum atomic E-state index is 12.5. The summed E-state index contributed by atoms with van der Waals surface area (Å²) < 4.78 is 2.99. The molecule has 0 saturated heterocycles. The van der Waals surface area contributed by atoms with Crippen LogP contribution in [0.25, 0.3) is 11.0 Å². The Morgan fingerprint density at radius 3 is 2.44 bits per heavy atom. The summed E-state index contributed by atoms with van der Waals surface area (Å²) >= 11 is 0. The van der Waals surface area contributed by atoms with Crippen molar-refractivity contribution >= 4 is 28.3 Å². The van der Waals surface area contributed by atoms with Crippen LogP contribution in [0.4, 0.5) is 11.4 Å². The number of non-ortho nitro benzene ring substituents is 1. The van der Waals surface area contributed by atoms with Gasteiger partial charge in [0.2, 0.25) is 5.91 Å². The second-order valence-corrected chi connectivity index (χ2v) is 5.46. The number of para-hydroxylation sites is 2. The van der Waals surface area contributed by atoms with E-state index >= 15 is 0 Å². The van der Waals surface area contributed by atoms with Crippen molar-refractivity contribution in [3.63, 3.8) is 0 Å². The monoisotopic (exact) mass is 340 g/mol. The third kappa shape index (κ3) is 3.14. The Labute approximate surface area is 142 Å². The number of aromatic nitrogens is 2. The molecule has 1 heterocycles. The number of benzene rings is 2. The van der Waals surface area contributed by atoms with Gasteiger partial charge in [-0.15, -0.1) is 0 Å². The van der Waals surface area contributed by atoms with Gasteiger partial charge in [0.25, 0.3) is 5.69 Å². The zero-order valence-corrected chi connectivity index (χ0v) is 13.5. The number of anilines is 1. The van der Waals surface area contributed by atoms with E-state index in [4.69, 9.17) is 0 Å². The quantitative estimate of drug-likeness (QED) is 0.569. The van der Waals surface area contributed by atoms with Gasteiger partial charge in [0.05, 0.1) is 16.0 Å². The second-order valence-electron chi connectivity index (χ2n) is 5.46. The lowest BCUT2D eigenvalue weighted by Crippen LogP contribution is -2.29. The minimum absolute atomic E-state index is 0.113. The standard InChI is InChI=1S/C17H16N4O4/c1-2-19-14-8-3-4-9-15(14)20(17(19)23)11-16(22)18-12-6-5-7-13(10-12)21(24)25/h3-10H,2,11H2,1H3,(H,18,22). The van der Waals surface area contributed by atoms with E-state index < -0.39 is 10.8 Å². The van der Waals surface area contributed by atoms with Gasteiger partial charge in [-0.3, -0.25) is 24.0 Å². The van der Waals surface area contributed by atoms with Crippen LogP contribution in [0.15, 0.2) is 53.3 Å². The highest BCUT2D eigenvalue weighted by molar-refractivity contribution is 5.92. The summed E-state index contributed by atoms with van der Waals surface area (Å²) in [7, 11) is 0. The third-order valence-electron chi connectivity index (χ3n) is 3.88. The SMILES string of the molecule is CCn1c(=O)n(CC(=O)Nc2cccc([N+](=O)[O-])c2)c2ccccc21. The number of hydrogen-bond acceptors (Lipinski definition) is 4. The van der Waals surface area contributed by atoms with Crippen LogP contribution in [0, 0.1) is 10.1 Å². The van der Waals surface area contributed by atoms with Crippen molar-refractivity contribution in [1.82, 2.24) is 9.13 Å². The number of imidazole rings is 1. The molecule has 0 aliphatic rings. The van der Waals surface area contributed by atoms with Crippen molar-refractivity contribution in [3.05, 3.63) is 69.1 Å². The minimum Gasteiger partial charge on any atom is -0.324 e. The Kier molecular flexibility index (Phi) is 4.34. The maximum Gasteiger partial charge on any atom is 0.329 e. The smallest absolute Gasteiger partial charge is 0.324 e. The molecule has 0 atom stereocenters. The maximum absolute atomic E-state index is 12.5. The normalized spacial score (nSPS) is 10.8. The predicted molar refractivity (Wildman–Crippen MR) is 93.6 cm³/mol. The number of fused-ring (bicyclic) bond motifs is 1. The lowest BCUT2D eigenvalue weighted by Gasteiger charge is -2.06. The number of nitrogens with one attached hydrogen (secondary N) is 1. The van der Waals surface area contributed by atoms with Crippen LogP contribution >= 0.6 is 0 Å². The van der Waals surface area contributed by atoms with Crippen molar-refractivity contribution in [2.45, 2.75) is 20.0 Å². The fourth-order valence-electron chi connectivity index (χ4n) is 2.77. The minimum atomic E-state index is -0.533. The van der Waals surface area contributed by atoms with Gasteiger partial charge in [0.1, 0.15) is 6.54 Å². The topological polar surface area (TPSA) is 99.2 Å². The Balaban J connectivity index is 1.88. The molecule has 0 aliphatic heterocycles. The van der Waals surface area contributed by atoms with Crippen molar-refractivity contribution in [3.8, 4) is 0 Å². The molecule has 3 rings (SSSR count). The highest BCUT2D eigenvalue weighted by atomic mass is 16.6. The molecule has 0 radical (unpaired) electrons. The van der Waals surface area contributed by atoms with E-state index in [0.717, 1.165) is 5.52 Å². The molecule has 1 aromatic heterocycles. The van der Waals surface area contributed by atoms with Crippen LogP contribution in [0.5, 0.6) is 0 Å². The largest absolute Gasteiger partial charge is 0.329 e. The number of rotatable bonds is 5. The Bertz CT molecular complexity index is 1020. The Morgan fingerprint density at radius 1 is 1.12 bits per heavy atom. The Morgan fingerprint density at radius 2 is 1.80 bits per heavy atom. The van der Waals surface area contributed by atoms with Crippen LogP contribution < -0.4 is 11.0 Å². The number of carbonyl (C=O) groups excluding carboxylic acids is 1. The third-order valence-corrected chi connectivity index (χ3v) is 3.88.